The van der Waals surface area contributed by atoms with Crippen molar-refractivity contribution in [2.45, 2.75) is 31.8 Å². The van der Waals surface area contributed by atoms with Crippen LogP contribution in [0.5, 0.6) is 0 Å². The quantitative estimate of drug-likeness (QED) is 0.626. The molecule has 0 bridgehead atoms. The van der Waals surface area contributed by atoms with Crippen LogP contribution in [0.2, 0.25) is 0 Å². The van der Waals surface area contributed by atoms with E-state index in [0.717, 1.165) is 24.8 Å². The van der Waals surface area contributed by atoms with Crippen LogP contribution in [-0.2, 0) is 11.3 Å². The minimum Gasteiger partial charge on any atom is -0.467 e. The highest BCUT2D eigenvalue weighted by atomic mass is 16.3. The summed E-state index contributed by atoms with van der Waals surface area (Å²) in [5.41, 5.74) is 0. The van der Waals surface area contributed by atoms with Crippen molar-refractivity contribution in [2.75, 3.05) is 20.1 Å². The first-order valence-corrected chi connectivity index (χ1v) is 7.52. The smallest absolute Gasteiger partial charge is 0.223 e. The van der Waals surface area contributed by atoms with Crippen LogP contribution in [0.1, 0.15) is 25.0 Å². The molecular formula is C15H22N4O2. The average molecular weight is 290 g/mol. The lowest BCUT2D eigenvalue weighted by atomic mass is 10.1. The van der Waals surface area contributed by atoms with Crippen LogP contribution in [0.3, 0.4) is 0 Å². The number of likely N-dealkylation sites (tertiary alicyclic amines) is 1. The standard InChI is InChI=1S/C15H22N4O2/c1-16-15(18-9-13-3-2-6-21-13)17-8-11-7-14(20)19(10-11)12-4-5-12/h2-3,6,11-12H,4-5,7-10H2,1H3,(H2,16,17,18)/t11-/m0/s1. The highest BCUT2D eigenvalue weighted by Crippen LogP contribution is 2.32. The molecule has 1 saturated carbocycles. The number of aliphatic imine (C=N–C) groups is 1. The van der Waals surface area contributed by atoms with Crippen molar-refractivity contribution in [1.82, 2.24) is 15.5 Å². The predicted octanol–water partition coefficient (Wildman–Crippen LogP) is 0.955. The van der Waals surface area contributed by atoms with Crippen LogP contribution in [0.4, 0.5) is 0 Å². The SMILES string of the molecule is CN=C(NCc1ccco1)NC[C@@H]1CC(=O)N(C2CC2)C1. The molecule has 1 amide bonds. The number of hydrogen-bond acceptors (Lipinski definition) is 3. The Kier molecular flexibility index (Phi) is 4.13. The number of carbonyl (C=O) groups excluding carboxylic acids is 1. The molecule has 1 aliphatic carbocycles. The van der Waals surface area contributed by atoms with Crippen LogP contribution in [0, 0.1) is 5.92 Å². The van der Waals surface area contributed by atoms with Gasteiger partial charge in [0.25, 0.3) is 0 Å². The molecule has 2 N–H and O–H groups in total. The molecule has 0 aromatic carbocycles. The fourth-order valence-corrected chi connectivity index (χ4v) is 2.73. The fraction of sp³-hybridized carbons (Fsp3) is 0.600. The van der Waals surface area contributed by atoms with Gasteiger partial charge < -0.3 is 20.0 Å². The van der Waals surface area contributed by atoms with E-state index in [4.69, 9.17) is 4.42 Å². The number of amides is 1. The average Bonchev–Trinajstić information content (AvgIpc) is 3.06. The minimum absolute atomic E-state index is 0.308. The van der Waals surface area contributed by atoms with Crippen LogP contribution >= 0.6 is 0 Å². The van der Waals surface area contributed by atoms with Gasteiger partial charge in [0.1, 0.15) is 5.76 Å². The Morgan fingerprint density at radius 3 is 3.00 bits per heavy atom. The largest absolute Gasteiger partial charge is 0.467 e. The lowest BCUT2D eigenvalue weighted by Crippen LogP contribution is -2.40. The number of rotatable bonds is 5. The van der Waals surface area contributed by atoms with Crippen LogP contribution in [0.15, 0.2) is 27.8 Å². The molecule has 0 spiro atoms. The molecule has 1 aromatic rings. The predicted molar refractivity (Wildman–Crippen MR) is 79.8 cm³/mol. The lowest BCUT2D eigenvalue weighted by molar-refractivity contribution is -0.128. The van der Waals surface area contributed by atoms with Crippen molar-refractivity contribution in [3.8, 4) is 0 Å². The van der Waals surface area contributed by atoms with Gasteiger partial charge in [-0.05, 0) is 25.0 Å². The Morgan fingerprint density at radius 1 is 1.48 bits per heavy atom. The summed E-state index contributed by atoms with van der Waals surface area (Å²) in [5, 5.41) is 6.49. The van der Waals surface area contributed by atoms with Crippen molar-refractivity contribution in [3.63, 3.8) is 0 Å². The van der Waals surface area contributed by atoms with Gasteiger partial charge in [-0.15, -0.1) is 0 Å². The van der Waals surface area contributed by atoms with Gasteiger partial charge >= 0.3 is 0 Å². The lowest BCUT2D eigenvalue weighted by Gasteiger charge is -2.17. The summed E-state index contributed by atoms with van der Waals surface area (Å²) in [6.07, 6.45) is 4.67. The van der Waals surface area contributed by atoms with E-state index in [1.807, 2.05) is 17.0 Å². The molecular weight excluding hydrogens is 268 g/mol. The maximum atomic E-state index is 11.9. The molecule has 0 unspecified atom stereocenters. The Labute approximate surface area is 124 Å². The van der Waals surface area contributed by atoms with Crippen molar-refractivity contribution < 1.29 is 9.21 Å². The zero-order valence-electron chi connectivity index (χ0n) is 12.3. The number of furan rings is 1. The van der Waals surface area contributed by atoms with Gasteiger partial charge in [-0.3, -0.25) is 9.79 Å². The van der Waals surface area contributed by atoms with E-state index in [9.17, 15) is 4.79 Å². The van der Waals surface area contributed by atoms with Gasteiger partial charge in [0.2, 0.25) is 5.91 Å². The van der Waals surface area contributed by atoms with Crippen molar-refractivity contribution in [3.05, 3.63) is 24.2 Å². The summed E-state index contributed by atoms with van der Waals surface area (Å²) in [5.74, 6) is 2.29. The molecule has 1 saturated heterocycles. The Bertz CT molecular complexity index is 508. The molecule has 0 radical (unpaired) electrons. The van der Waals surface area contributed by atoms with E-state index in [-0.39, 0.29) is 0 Å². The minimum atomic E-state index is 0.308. The van der Waals surface area contributed by atoms with E-state index in [1.165, 1.54) is 12.8 Å². The zero-order chi connectivity index (χ0) is 14.7. The molecule has 2 heterocycles. The molecule has 2 fully saturated rings. The summed E-state index contributed by atoms with van der Waals surface area (Å²) in [6.45, 7) is 2.25. The van der Waals surface area contributed by atoms with E-state index in [2.05, 4.69) is 15.6 Å². The highest BCUT2D eigenvalue weighted by Gasteiger charge is 2.39. The third-order valence-corrected chi connectivity index (χ3v) is 4.02. The normalized spacial score (nSPS) is 22.7. The first-order valence-electron chi connectivity index (χ1n) is 7.52. The number of guanidine groups is 1. The van der Waals surface area contributed by atoms with E-state index in [0.29, 0.717) is 30.8 Å². The molecule has 6 heteroatoms. The summed E-state index contributed by atoms with van der Waals surface area (Å²) in [6, 6.07) is 4.31. The molecule has 3 rings (SSSR count). The molecule has 1 atom stereocenters. The van der Waals surface area contributed by atoms with Crippen LogP contribution in [0.25, 0.3) is 0 Å². The monoisotopic (exact) mass is 290 g/mol. The van der Waals surface area contributed by atoms with Gasteiger partial charge in [0.05, 0.1) is 12.8 Å². The maximum Gasteiger partial charge on any atom is 0.223 e. The Balaban J connectivity index is 1.42. The fourth-order valence-electron chi connectivity index (χ4n) is 2.73. The topological polar surface area (TPSA) is 69.9 Å². The third-order valence-electron chi connectivity index (χ3n) is 4.02. The van der Waals surface area contributed by atoms with Crippen molar-refractivity contribution in [2.24, 2.45) is 10.9 Å². The van der Waals surface area contributed by atoms with Crippen LogP contribution < -0.4 is 10.6 Å². The van der Waals surface area contributed by atoms with E-state index >= 15 is 0 Å². The van der Waals surface area contributed by atoms with Gasteiger partial charge in [-0.25, -0.2) is 0 Å². The molecule has 1 aromatic heterocycles. The molecule has 21 heavy (non-hydrogen) atoms. The molecule has 1 aliphatic heterocycles. The first-order chi connectivity index (χ1) is 10.3. The highest BCUT2D eigenvalue weighted by molar-refractivity contribution is 5.81. The Hall–Kier alpha value is -1.98. The number of nitrogens with one attached hydrogen (secondary N) is 2. The second kappa shape index (κ2) is 6.20. The van der Waals surface area contributed by atoms with Gasteiger partial charge in [-0.1, -0.05) is 0 Å². The van der Waals surface area contributed by atoms with Gasteiger partial charge in [-0.2, -0.15) is 0 Å². The van der Waals surface area contributed by atoms with Crippen molar-refractivity contribution >= 4 is 11.9 Å². The van der Waals surface area contributed by atoms with Gasteiger partial charge in [0, 0.05) is 38.5 Å². The Morgan fingerprint density at radius 2 is 2.33 bits per heavy atom. The number of nitrogens with zero attached hydrogens (tertiary/aromatic N) is 2. The van der Waals surface area contributed by atoms with E-state index < -0.39 is 0 Å². The molecule has 2 aliphatic rings. The summed E-state index contributed by atoms with van der Waals surface area (Å²) < 4.78 is 5.27. The molecule has 6 nitrogen and oxygen atoms in total. The third kappa shape index (κ3) is 3.56. The summed E-state index contributed by atoms with van der Waals surface area (Å²) >= 11 is 0. The number of carbonyl (C=O) groups is 1. The van der Waals surface area contributed by atoms with Crippen LogP contribution in [-0.4, -0.2) is 42.9 Å². The number of hydrogen-bond donors (Lipinski definition) is 2. The second-order valence-corrected chi connectivity index (χ2v) is 5.73. The van der Waals surface area contributed by atoms with Gasteiger partial charge in [0.15, 0.2) is 5.96 Å². The second-order valence-electron chi connectivity index (χ2n) is 5.73. The summed E-state index contributed by atoms with van der Waals surface area (Å²) in [4.78, 5) is 18.1. The maximum absolute atomic E-state index is 11.9. The van der Waals surface area contributed by atoms with Crippen molar-refractivity contribution in [1.29, 1.82) is 0 Å². The summed E-state index contributed by atoms with van der Waals surface area (Å²) in [7, 11) is 1.74. The zero-order valence-corrected chi connectivity index (χ0v) is 12.3. The molecule has 114 valence electrons. The van der Waals surface area contributed by atoms with E-state index in [1.54, 1.807) is 13.3 Å². The first kappa shape index (κ1) is 14.0.